The maximum absolute atomic E-state index is 11.9. The van der Waals surface area contributed by atoms with Crippen LogP contribution in [0.2, 0.25) is 0 Å². The van der Waals surface area contributed by atoms with Gasteiger partial charge < -0.3 is 25.5 Å². The number of hydrogen-bond acceptors (Lipinski definition) is 4. The van der Waals surface area contributed by atoms with E-state index in [2.05, 4.69) is 20.6 Å². The van der Waals surface area contributed by atoms with Gasteiger partial charge >= 0.3 is 12.0 Å². The van der Waals surface area contributed by atoms with Crippen LogP contribution in [0.15, 0.2) is 12.5 Å². The molecule has 4 N–H and O–H groups in total. The van der Waals surface area contributed by atoms with E-state index in [4.69, 9.17) is 4.74 Å². The minimum atomic E-state index is -1.09. The van der Waals surface area contributed by atoms with Gasteiger partial charge in [0, 0.05) is 25.4 Å². The van der Waals surface area contributed by atoms with E-state index in [9.17, 15) is 14.7 Å². The first-order valence-electron chi connectivity index (χ1n) is 6.90. The number of amides is 2. The number of aromatic amines is 1. The molecule has 0 radical (unpaired) electrons. The molecule has 1 saturated carbocycles. The molecule has 0 spiro atoms. The normalized spacial score (nSPS) is 22.7. The molecule has 0 saturated heterocycles. The third-order valence-corrected chi connectivity index (χ3v) is 3.65. The molecule has 21 heavy (non-hydrogen) atoms. The average molecular weight is 296 g/mol. The monoisotopic (exact) mass is 296 g/mol. The molecule has 0 bridgehead atoms. The number of methoxy groups -OCH3 is 1. The van der Waals surface area contributed by atoms with Gasteiger partial charge in [-0.15, -0.1) is 0 Å². The second kappa shape index (κ2) is 7.07. The quantitative estimate of drug-likeness (QED) is 0.601. The molecule has 2 unspecified atom stereocenters. The number of carbonyl (C=O) groups excluding carboxylic acids is 1. The zero-order valence-electron chi connectivity index (χ0n) is 11.8. The molecule has 1 fully saturated rings. The van der Waals surface area contributed by atoms with Crippen molar-refractivity contribution in [2.75, 3.05) is 7.11 Å². The van der Waals surface area contributed by atoms with Crippen molar-refractivity contribution in [1.29, 1.82) is 0 Å². The highest BCUT2D eigenvalue weighted by Crippen LogP contribution is 2.21. The van der Waals surface area contributed by atoms with E-state index < -0.39 is 18.0 Å². The molecular formula is C13H20N4O4. The number of rotatable bonds is 6. The summed E-state index contributed by atoms with van der Waals surface area (Å²) in [7, 11) is 1.61. The van der Waals surface area contributed by atoms with Crippen molar-refractivity contribution in [3.05, 3.63) is 18.2 Å². The highest BCUT2D eigenvalue weighted by atomic mass is 16.5. The number of ether oxygens (including phenoxy) is 1. The van der Waals surface area contributed by atoms with Crippen LogP contribution in [0.4, 0.5) is 4.79 Å². The van der Waals surface area contributed by atoms with Crippen LogP contribution in [0.5, 0.6) is 0 Å². The zero-order chi connectivity index (χ0) is 15.2. The predicted molar refractivity (Wildman–Crippen MR) is 73.8 cm³/mol. The molecular weight excluding hydrogens is 276 g/mol. The summed E-state index contributed by atoms with van der Waals surface area (Å²) in [6.45, 7) is 0. The van der Waals surface area contributed by atoms with Crippen molar-refractivity contribution in [2.24, 2.45) is 0 Å². The van der Waals surface area contributed by atoms with Gasteiger partial charge in [-0.1, -0.05) is 0 Å². The number of carbonyl (C=O) groups is 2. The number of aromatic nitrogens is 2. The van der Waals surface area contributed by atoms with Crippen LogP contribution >= 0.6 is 0 Å². The Labute approximate surface area is 122 Å². The van der Waals surface area contributed by atoms with Gasteiger partial charge in [0.25, 0.3) is 0 Å². The summed E-state index contributed by atoms with van der Waals surface area (Å²) in [6, 6.07) is -1.57. The molecule has 116 valence electrons. The van der Waals surface area contributed by atoms with Crippen molar-refractivity contribution in [3.8, 4) is 0 Å². The summed E-state index contributed by atoms with van der Waals surface area (Å²) < 4.78 is 5.29. The number of aliphatic carboxylic acids is 1. The Morgan fingerprint density at radius 3 is 3.00 bits per heavy atom. The summed E-state index contributed by atoms with van der Waals surface area (Å²) in [4.78, 5) is 29.8. The maximum Gasteiger partial charge on any atom is 0.326 e. The number of nitrogens with one attached hydrogen (secondary N) is 3. The molecule has 1 aliphatic rings. The predicted octanol–water partition coefficient (Wildman–Crippen LogP) is 0.272. The van der Waals surface area contributed by atoms with Crippen LogP contribution in [0.3, 0.4) is 0 Å². The second-order valence-electron chi connectivity index (χ2n) is 5.10. The number of nitrogens with zero attached hydrogens (tertiary/aromatic N) is 1. The zero-order valence-corrected chi connectivity index (χ0v) is 11.8. The Bertz CT molecular complexity index is 477. The largest absolute Gasteiger partial charge is 0.480 e. The van der Waals surface area contributed by atoms with Crippen LogP contribution in [-0.4, -0.2) is 52.4 Å². The Balaban J connectivity index is 1.87. The molecule has 0 aliphatic heterocycles. The van der Waals surface area contributed by atoms with E-state index in [0.717, 1.165) is 19.3 Å². The van der Waals surface area contributed by atoms with Gasteiger partial charge in [0.1, 0.15) is 6.04 Å². The van der Waals surface area contributed by atoms with E-state index in [-0.39, 0.29) is 18.6 Å². The lowest BCUT2D eigenvalue weighted by Crippen LogP contribution is -2.51. The lowest BCUT2D eigenvalue weighted by atomic mass is 10.1. The maximum atomic E-state index is 11.9. The van der Waals surface area contributed by atoms with Crippen LogP contribution in [0.1, 0.15) is 25.0 Å². The Kier molecular flexibility index (Phi) is 5.15. The topological polar surface area (TPSA) is 116 Å². The van der Waals surface area contributed by atoms with E-state index in [1.54, 1.807) is 7.11 Å². The number of imidazole rings is 1. The third kappa shape index (κ3) is 4.19. The van der Waals surface area contributed by atoms with E-state index in [1.807, 2.05) is 0 Å². The number of urea groups is 1. The minimum absolute atomic E-state index is 0.00775. The van der Waals surface area contributed by atoms with E-state index in [0.29, 0.717) is 5.69 Å². The molecule has 1 aromatic heterocycles. The Hall–Kier alpha value is -2.09. The van der Waals surface area contributed by atoms with Gasteiger partial charge in [0.05, 0.1) is 18.5 Å². The van der Waals surface area contributed by atoms with Gasteiger partial charge in [0.15, 0.2) is 0 Å². The van der Waals surface area contributed by atoms with Crippen LogP contribution in [0.25, 0.3) is 0 Å². The smallest absolute Gasteiger partial charge is 0.326 e. The molecule has 0 aromatic carbocycles. The van der Waals surface area contributed by atoms with Crippen LogP contribution < -0.4 is 10.6 Å². The standard InChI is InChI=1S/C13H20N4O4/c1-21-11-4-2-3-9(11)16-13(20)17-10(12(18)19)5-8-6-14-7-15-8/h6-7,9-11H,2-5H2,1H3,(H,14,15)(H,18,19)(H2,16,17,20)/t9?,10-,11?/m0/s1. The average Bonchev–Trinajstić information content (AvgIpc) is 3.09. The van der Waals surface area contributed by atoms with Crippen molar-refractivity contribution < 1.29 is 19.4 Å². The lowest BCUT2D eigenvalue weighted by molar-refractivity contribution is -0.139. The summed E-state index contributed by atoms with van der Waals surface area (Å²) in [6.07, 6.45) is 5.87. The van der Waals surface area contributed by atoms with E-state index >= 15 is 0 Å². The van der Waals surface area contributed by atoms with Crippen molar-refractivity contribution in [1.82, 2.24) is 20.6 Å². The number of carboxylic acid groups (broad SMARTS) is 1. The van der Waals surface area contributed by atoms with Crippen molar-refractivity contribution in [3.63, 3.8) is 0 Å². The fraction of sp³-hybridized carbons (Fsp3) is 0.615. The summed E-state index contributed by atoms with van der Waals surface area (Å²) in [5, 5.41) is 14.4. The number of hydrogen-bond donors (Lipinski definition) is 4. The first-order chi connectivity index (χ1) is 10.1. The van der Waals surface area contributed by atoms with Gasteiger partial charge in [-0.05, 0) is 19.3 Å². The SMILES string of the molecule is COC1CCCC1NC(=O)N[C@@H](Cc1cnc[nH]1)C(=O)O. The van der Waals surface area contributed by atoms with Crippen molar-refractivity contribution in [2.45, 2.75) is 43.9 Å². The highest BCUT2D eigenvalue weighted by Gasteiger charge is 2.29. The molecule has 8 heteroatoms. The van der Waals surface area contributed by atoms with Gasteiger partial charge in [-0.2, -0.15) is 0 Å². The molecule has 2 amide bonds. The summed E-state index contributed by atoms with van der Waals surface area (Å²) in [5.41, 5.74) is 0.651. The molecule has 8 nitrogen and oxygen atoms in total. The molecule has 1 aliphatic carbocycles. The summed E-state index contributed by atoms with van der Waals surface area (Å²) >= 11 is 0. The van der Waals surface area contributed by atoms with Crippen LogP contribution in [-0.2, 0) is 16.0 Å². The number of H-pyrrole nitrogens is 1. The van der Waals surface area contributed by atoms with Gasteiger partial charge in [-0.3, -0.25) is 0 Å². The molecule has 1 aromatic rings. The first-order valence-corrected chi connectivity index (χ1v) is 6.90. The Morgan fingerprint density at radius 1 is 1.57 bits per heavy atom. The highest BCUT2D eigenvalue weighted by molar-refractivity contribution is 5.82. The minimum Gasteiger partial charge on any atom is -0.480 e. The molecule has 2 rings (SSSR count). The van der Waals surface area contributed by atoms with Crippen molar-refractivity contribution >= 4 is 12.0 Å². The second-order valence-corrected chi connectivity index (χ2v) is 5.10. The number of carboxylic acids is 1. The first kappa shape index (κ1) is 15.3. The molecule has 1 heterocycles. The fourth-order valence-corrected chi connectivity index (χ4v) is 2.56. The van der Waals surface area contributed by atoms with Gasteiger partial charge in [0.2, 0.25) is 0 Å². The molecule has 3 atom stereocenters. The lowest BCUT2D eigenvalue weighted by Gasteiger charge is -2.21. The third-order valence-electron chi connectivity index (χ3n) is 3.65. The summed E-state index contributed by atoms with van der Waals surface area (Å²) in [5.74, 6) is -1.09. The Morgan fingerprint density at radius 2 is 2.38 bits per heavy atom. The van der Waals surface area contributed by atoms with Crippen LogP contribution in [0, 0.1) is 0 Å². The van der Waals surface area contributed by atoms with Gasteiger partial charge in [-0.25, -0.2) is 14.6 Å². The van der Waals surface area contributed by atoms with E-state index in [1.165, 1.54) is 12.5 Å². The fourth-order valence-electron chi connectivity index (χ4n) is 2.56.